The molecule has 0 aliphatic rings. The minimum atomic E-state index is -0.371. The molecule has 0 aliphatic carbocycles. The predicted octanol–water partition coefficient (Wildman–Crippen LogP) is 2.08. The summed E-state index contributed by atoms with van der Waals surface area (Å²) >= 11 is 0. The Balaban J connectivity index is 2.11. The van der Waals surface area contributed by atoms with E-state index in [1.54, 1.807) is 14.1 Å². The molecule has 0 atom stereocenters. The molecule has 0 amide bonds. The first-order chi connectivity index (χ1) is 11.5. The summed E-state index contributed by atoms with van der Waals surface area (Å²) in [5, 5.41) is 8.88. The number of anilines is 1. The van der Waals surface area contributed by atoms with Crippen LogP contribution in [0.2, 0.25) is 0 Å². The molecule has 0 aliphatic heterocycles. The highest BCUT2D eigenvalue weighted by Crippen LogP contribution is 2.29. The second kappa shape index (κ2) is 6.29. The minimum Gasteiger partial charge on any atom is -0.384 e. The van der Waals surface area contributed by atoms with Crippen LogP contribution in [-0.2, 0) is 16.1 Å². The third-order valence-corrected chi connectivity index (χ3v) is 3.67. The number of nitrogen functional groups attached to an aromatic ring is 1. The first-order valence-corrected chi connectivity index (χ1v) is 7.53. The summed E-state index contributed by atoms with van der Waals surface area (Å²) in [4.78, 5) is 21.7. The van der Waals surface area contributed by atoms with E-state index in [2.05, 4.69) is 15.2 Å². The maximum atomic E-state index is 12.1. The van der Waals surface area contributed by atoms with E-state index in [1.807, 2.05) is 37.3 Å². The number of hydroxylamine groups is 2. The topological polar surface area (TPSA) is 97.1 Å². The SMILES string of the molecule is Cc1ccccc1-c1cc(CC(=O)ON(C)C)c2c(N)[nH]nc2n1. The van der Waals surface area contributed by atoms with Crippen molar-refractivity contribution in [3.63, 3.8) is 0 Å². The molecule has 3 aromatic rings. The van der Waals surface area contributed by atoms with Crippen LogP contribution < -0.4 is 5.73 Å². The maximum absolute atomic E-state index is 12.1. The van der Waals surface area contributed by atoms with Crippen molar-refractivity contribution in [2.75, 3.05) is 19.8 Å². The second-order valence-electron chi connectivity index (χ2n) is 5.77. The number of carbonyl (C=O) groups excluding carboxylic acids is 1. The lowest BCUT2D eigenvalue weighted by atomic mass is 10.0. The number of aryl methyl sites for hydroxylation is 1. The van der Waals surface area contributed by atoms with Gasteiger partial charge in [-0.3, -0.25) is 5.10 Å². The van der Waals surface area contributed by atoms with Gasteiger partial charge in [0, 0.05) is 19.7 Å². The van der Waals surface area contributed by atoms with Gasteiger partial charge in [0.15, 0.2) is 5.65 Å². The molecule has 2 heterocycles. The van der Waals surface area contributed by atoms with E-state index in [0.29, 0.717) is 16.9 Å². The number of fused-ring (bicyclic) bond motifs is 1. The van der Waals surface area contributed by atoms with Crippen LogP contribution in [0.4, 0.5) is 5.82 Å². The molecule has 7 nitrogen and oxygen atoms in total. The highest BCUT2D eigenvalue weighted by atomic mass is 16.7. The molecule has 3 rings (SSSR count). The predicted molar refractivity (Wildman–Crippen MR) is 92.0 cm³/mol. The summed E-state index contributed by atoms with van der Waals surface area (Å²) in [5.74, 6) is 0.0188. The lowest BCUT2D eigenvalue weighted by Crippen LogP contribution is -2.20. The van der Waals surface area contributed by atoms with Gasteiger partial charge in [0.25, 0.3) is 0 Å². The zero-order valence-corrected chi connectivity index (χ0v) is 13.8. The molecule has 124 valence electrons. The monoisotopic (exact) mass is 325 g/mol. The van der Waals surface area contributed by atoms with Gasteiger partial charge in [0.05, 0.1) is 17.5 Å². The number of rotatable bonds is 4. The van der Waals surface area contributed by atoms with E-state index in [0.717, 1.165) is 22.4 Å². The Labute approximate surface area is 139 Å². The molecule has 0 unspecified atom stereocenters. The molecule has 0 saturated heterocycles. The van der Waals surface area contributed by atoms with E-state index in [1.165, 1.54) is 5.06 Å². The number of pyridine rings is 1. The van der Waals surface area contributed by atoms with Crippen LogP contribution in [0.1, 0.15) is 11.1 Å². The summed E-state index contributed by atoms with van der Waals surface area (Å²) in [5.41, 5.74) is 10.0. The Bertz CT molecular complexity index is 901. The molecule has 24 heavy (non-hydrogen) atoms. The van der Waals surface area contributed by atoms with Crippen molar-refractivity contribution in [3.05, 3.63) is 41.5 Å². The van der Waals surface area contributed by atoms with Gasteiger partial charge in [0.1, 0.15) is 5.82 Å². The molecule has 0 radical (unpaired) electrons. The van der Waals surface area contributed by atoms with E-state index < -0.39 is 0 Å². The van der Waals surface area contributed by atoms with Gasteiger partial charge in [0.2, 0.25) is 0 Å². The molecule has 0 bridgehead atoms. The minimum absolute atomic E-state index is 0.0831. The molecule has 2 aromatic heterocycles. The van der Waals surface area contributed by atoms with Crippen molar-refractivity contribution in [1.82, 2.24) is 20.2 Å². The number of aromatic amines is 1. The van der Waals surface area contributed by atoms with E-state index >= 15 is 0 Å². The molecule has 7 heteroatoms. The molecule has 0 saturated carbocycles. The zero-order chi connectivity index (χ0) is 17.3. The third kappa shape index (κ3) is 3.07. The Morgan fingerprint density at radius 2 is 2.08 bits per heavy atom. The third-order valence-electron chi connectivity index (χ3n) is 3.67. The lowest BCUT2D eigenvalue weighted by Gasteiger charge is -2.12. The number of nitrogens with zero attached hydrogens (tertiary/aromatic N) is 3. The van der Waals surface area contributed by atoms with Gasteiger partial charge in [-0.05, 0) is 24.1 Å². The molecule has 1 aromatic carbocycles. The average molecular weight is 325 g/mol. The number of aromatic nitrogens is 3. The van der Waals surface area contributed by atoms with Gasteiger partial charge >= 0.3 is 5.97 Å². The van der Waals surface area contributed by atoms with Gasteiger partial charge < -0.3 is 10.6 Å². The van der Waals surface area contributed by atoms with Crippen LogP contribution in [0.25, 0.3) is 22.3 Å². The summed E-state index contributed by atoms with van der Waals surface area (Å²) < 4.78 is 0. The number of benzene rings is 1. The smallest absolute Gasteiger partial charge is 0.329 e. The summed E-state index contributed by atoms with van der Waals surface area (Å²) in [7, 11) is 3.32. The van der Waals surface area contributed by atoms with Gasteiger partial charge in [-0.2, -0.15) is 5.10 Å². The summed E-state index contributed by atoms with van der Waals surface area (Å²) in [6.07, 6.45) is 0.0831. The number of nitrogens with two attached hydrogens (primary N) is 1. The zero-order valence-electron chi connectivity index (χ0n) is 13.8. The van der Waals surface area contributed by atoms with Crippen molar-refractivity contribution in [2.45, 2.75) is 13.3 Å². The summed E-state index contributed by atoms with van der Waals surface area (Å²) in [6.45, 7) is 2.01. The Morgan fingerprint density at radius 3 is 2.79 bits per heavy atom. The highest BCUT2D eigenvalue weighted by Gasteiger charge is 2.17. The van der Waals surface area contributed by atoms with E-state index in [-0.39, 0.29) is 12.4 Å². The standard InChI is InChI=1S/C17H19N5O2/c1-10-6-4-5-7-12(10)13-8-11(9-14(23)24-22(2)3)15-16(18)20-21-17(15)19-13/h4-8H,9H2,1-3H3,(H3,18,19,20,21). The first-order valence-electron chi connectivity index (χ1n) is 7.53. The fraction of sp³-hybridized carbons (Fsp3) is 0.235. The van der Waals surface area contributed by atoms with Crippen LogP contribution >= 0.6 is 0 Å². The van der Waals surface area contributed by atoms with E-state index in [4.69, 9.17) is 10.6 Å². The molecule has 0 fully saturated rings. The highest BCUT2D eigenvalue weighted by molar-refractivity contribution is 5.93. The number of H-pyrrole nitrogens is 1. The van der Waals surface area contributed by atoms with Gasteiger partial charge in [-0.25, -0.2) is 9.78 Å². The largest absolute Gasteiger partial charge is 0.384 e. The van der Waals surface area contributed by atoms with E-state index in [9.17, 15) is 4.79 Å². The van der Waals surface area contributed by atoms with Crippen molar-refractivity contribution < 1.29 is 9.63 Å². The van der Waals surface area contributed by atoms with Gasteiger partial charge in [-0.15, -0.1) is 5.06 Å². The molecule has 0 spiro atoms. The van der Waals surface area contributed by atoms with Crippen LogP contribution in [-0.4, -0.2) is 40.3 Å². The number of hydrogen-bond acceptors (Lipinski definition) is 6. The van der Waals surface area contributed by atoms with Gasteiger partial charge in [-0.1, -0.05) is 24.3 Å². The molecular formula is C17H19N5O2. The van der Waals surface area contributed by atoms with Crippen molar-refractivity contribution >= 4 is 22.8 Å². The maximum Gasteiger partial charge on any atom is 0.329 e. The van der Waals surface area contributed by atoms with Crippen LogP contribution in [0.3, 0.4) is 0 Å². The van der Waals surface area contributed by atoms with Crippen molar-refractivity contribution in [1.29, 1.82) is 0 Å². The second-order valence-corrected chi connectivity index (χ2v) is 5.77. The Kier molecular flexibility index (Phi) is 4.18. The summed E-state index contributed by atoms with van der Waals surface area (Å²) in [6, 6.07) is 9.79. The first kappa shape index (κ1) is 15.9. The van der Waals surface area contributed by atoms with Crippen LogP contribution in [0.15, 0.2) is 30.3 Å². The number of carbonyl (C=O) groups is 1. The number of hydrogen-bond donors (Lipinski definition) is 2. The number of nitrogens with one attached hydrogen (secondary N) is 1. The Morgan fingerprint density at radius 1 is 1.33 bits per heavy atom. The normalized spacial score (nSPS) is 11.2. The average Bonchev–Trinajstić information content (AvgIpc) is 2.88. The quantitative estimate of drug-likeness (QED) is 0.713. The van der Waals surface area contributed by atoms with Crippen molar-refractivity contribution in [2.24, 2.45) is 0 Å². The fourth-order valence-corrected chi connectivity index (χ4v) is 2.66. The Hall–Kier alpha value is -2.93. The molecular weight excluding hydrogens is 306 g/mol. The lowest BCUT2D eigenvalue weighted by molar-refractivity contribution is -0.177. The van der Waals surface area contributed by atoms with Crippen molar-refractivity contribution in [3.8, 4) is 11.3 Å². The molecule has 3 N–H and O–H groups in total. The van der Waals surface area contributed by atoms with Crippen LogP contribution in [0, 0.1) is 6.92 Å². The van der Waals surface area contributed by atoms with Crippen LogP contribution in [0.5, 0.6) is 0 Å². The fourth-order valence-electron chi connectivity index (χ4n) is 2.66.